The summed E-state index contributed by atoms with van der Waals surface area (Å²) < 4.78 is 0. The van der Waals surface area contributed by atoms with Crippen LogP contribution >= 0.6 is 0 Å². The number of β-amino-alcohol motifs (C(OH)–C–C–N with tert-alkyl or cyclic N) is 1. The highest BCUT2D eigenvalue weighted by molar-refractivity contribution is 5.77. The van der Waals surface area contributed by atoms with E-state index in [9.17, 15) is 9.90 Å². The zero-order chi connectivity index (χ0) is 17.7. The number of likely N-dealkylation sites (N-methyl/N-ethyl adjacent to an activating group) is 1. The number of hydrogen-bond donors (Lipinski definition) is 1. The Bertz CT molecular complexity index is 560. The third-order valence-corrected chi connectivity index (χ3v) is 4.76. The van der Waals surface area contributed by atoms with Crippen molar-refractivity contribution in [1.29, 1.82) is 0 Å². The van der Waals surface area contributed by atoms with Crippen LogP contribution in [-0.4, -0.2) is 79.1 Å². The summed E-state index contributed by atoms with van der Waals surface area (Å²) in [6.07, 6.45) is 0.570. The lowest BCUT2D eigenvalue weighted by Gasteiger charge is -2.25. The first-order valence-electron chi connectivity index (χ1n) is 8.77. The number of aryl methyl sites for hydroxylation is 2. The summed E-state index contributed by atoms with van der Waals surface area (Å²) in [5, 5.41) is 10.6. The van der Waals surface area contributed by atoms with Crippen LogP contribution in [0, 0.1) is 13.8 Å². The number of aliphatic hydroxyl groups excluding tert-OH is 1. The van der Waals surface area contributed by atoms with Crippen molar-refractivity contribution in [3.8, 4) is 0 Å². The van der Waals surface area contributed by atoms with Crippen LogP contribution < -0.4 is 0 Å². The smallest absolute Gasteiger partial charge is 0.236 e. The molecule has 1 saturated heterocycles. The number of rotatable bonds is 5. The standard InChI is InChI=1S/C19H31N3O2/c1-15-6-7-16(2)17(12-15)18(23)13-21-8-5-9-22(11-10-21)14-19(24)20(3)4/h6-7,12,18,23H,5,8-11,13-14H2,1-4H3/t18-/m1/s1. The maximum Gasteiger partial charge on any atom is 0.236 e. The lowest BCUT2D eigenvalue weighted by Crippen LogP contribution is -2.39. The molecule has 1 aromatic carbocycles. The summed E-state index contributed by atoms with van der Waals surface area (Å²) in [5.74, 6) is 0.152. The second-order valence-corrected chi connectivity index (χ2v) is 7.09. The highest BCUT2D eigenvalue weighted by Gasteiger charge is 2.20. The van der Waals surface area contributed by atoms with Crippen molar-refractivity contribution in [3.63, 3.8) is 0 Å². The Hall–Kier alpha value is -1.43. The van der Waals surface area contributed by atoms with Crippen LogP contribution in [-0.2, 0) is 4.79 Å². The molecule has 134 valence electrons. The van der Waals surface area contributed by atoms with E-state index in [-0.39, 0.29) is 5.91 Å². The summed E-state index contributed by atoms with van der Waals surface area (Å²) in [7, 11) is 3.60. The Labute approximate surface area is 145 Å². The molecular weight excluding hydrogens is 302 g/mol. The van der Waals surface area contributed by atoms with Crippen LogP contribution in [0.4, 0.5) is 0 Å². The van der Waals surface area contributed by atoms with Gasteiger partial charge in [0.1, 0.15) is 0 Å². The first kappa shape index (κ1) is 18.9. The van der Waals surface area contributed by atoms with Crippen molar-refractivity contribution < 1.29 is 9.90 Å². The number of carbonyl (C=O) groups is 1. The van der Waals surface area contributed by atoms with Gasteiger partial charge in [-0.1, -0.05) is 23.8 Å². The molecule has 1 aromatic rings. The minimum absolute atomic E-state index is 0.152. The highest BCUT2D eigenvalue weighted by atomic mass is 16.3. The summed E-state index contributed by atoms with van der Waals surface area (Å²) in [6.45, 7) is 8.92. The number of carbonyl (C=O) groups excluding carboxylic acids is 1. The molecule has 1 atom stereocenters. The molecule has 1 aliphatic heterocycles. The van der Waals surface area contributed by atoms with Crippen molar-refractivity contribution in [2.75, 3.05) is 53.4 Å². The molecule has 1 N–H and O–H groups in total. The fourth-order valence-corrected chi connectivity index (χ4v) is 3.16. The maximum absolute atomic E-state index is 11.9. The van der Waals surface area contributed by atoms with Crippen molar-refractivity contribution >= 4 is 5.91 Å². The Morgan fingerprint density at radius 2 is 1.83 bits per heavy atom. The average molecular weight is 333 g/mol. The Kier molecular flexibility index (Phi) is 6.78. The largest absolute Gasteiger partial charge is 0.387 e. The predicted molar refractivity (Wildman–Crippen MR) is 97.1 cm³/mol. The van der Waals surface area contributed by atoms with E-state index in [0.717, 1.165) is 43.7 Å². The molecule has 1 heterocycles. The summed E-state index contributed by atoms with van der Waals surface area (Å²) >= 11 is 0. The number of benzene rings is 1. The second-order valence-electron chi connectivity index (χ2n) is 7.09. The van der Waals surface area contributed by atoms with Crippen molar-refractivity contribution in [2.45, 2.75) is 26.4 Å². The van der Waals surface area contributed by atoms with Crippen LogP contribution in [0.5, 0.6) is 0 Å². The third kappa shape index (κ3) is 5.30. The molecule has 0 saturated carbocycles. The van der Waals surface area contributed by atoms with Crippen molar-refractivity contribution in [2.24, 2.45) is 0 Å². The Balaban J connectivity index is 1.90. The SMILES string of the molecule is Cc1ccc(C)c([C@H](O)CN2CCCN(CC(=O)N(C)C)CC2)c1. The van der Waals surface area contributed by atoms with Gasteiger partial charge in [-0.2, -0.15) is 0 Å². The van der Waals surface area contributed by atoms with E-state index >= 15 is 0 Å². The monoisotopic (exact) mass is 333 g/mol. The topological polar surface area (TPSA) is 47.0 Å². The number of nitrogens with zero attached hydrogens (tertiary/aromatic N) is 3. The van der Waals surface area contributed by atoms with Crippen molar-refractivity contribution in [1.82, 2.24) is 14.7 Å². The van der Waals surface area contributed by atoms with Crippen LogP contribution in [0.15, 0.2) is 18.2 Å². The van der Waals surface area contributed by atoms with Crippen LogP contribution in [0.2, 0.25) is 0 Å². The van der Waals surface area contributed by atoms with Crippen LogP contribution in [0.1, 0.15) is 29.2 Å². The van der Waals surface area contributed by atoms with Gasteiger partial charge < -0.3 is 10.0 Å². The van der Waals surface area contributed by atoms with Gasteiger partial charge in [0.15, 0.2) is 0 Å². The van der Waals surface area contributed by atoms with E-state index in [4.69, 9.17) is 0 Å². The van der Waals surface area contributed by atoms with E-state index in [0.29, 0.717) is 13.1 Å². The van der Waals surface area contributed by atoms with Gasteiger partial charge in [-0.25, -0.2) is 0 Å². The zero-order valence-electron chi connectivity index (χ0n) is 15.5. The van der Waals surface area contributed by atoms with E-state index in [1.54, 1.807) is 19.0 Å². The molecule has 5 heteroatoms. The molecule has 24 heavy (non-hydrogen) atoms. The molecular formula is C19H31N3O2. The van der Waals surface area contributed by atoms with E-state index in [2.05, 4.69) is 41.8 Å². The fraction of sp³-hybridized carbons (Fsp3) is 0.632. The molecule has 1 aliphatic rings. The normalized spacial score (nSPS) is 18.2. The summed E-state index contributed by atoms with van der Waals surface area (Å²) in [6, 6.07) is 6.24. The maximum atomic E-state index is 11.9. The minimum atomic E-state index is -0.458. The fourth-order valence-electron chi connectivity index (χ4n) is 3.16. The van der Waals surface area contributed by atoms with E-state index < -0.39 is 6.10 Å². The first-order chi connectivity index (χ1) is 11.4. The predicted octanol–water partition coefficient (Wildman–Crippen LogP) is 1.43. The molecule has 0 spiro atoms. The number of aliphatic hydroxyl groups is 1. The van der Waals surface area contributed by atoms with Crippen LogP contribution in [0.3, 0.4) is 0 Å². The number of amides is 1. The molecule has 1 amide bonds. The third-order valence-electron chi connectivity index (χ3n) is 4.76. The van der Waals surface area contributed by atoms with Gasteiger partial charge in [-0.3, -0.25) is 14.6 Å². The summed E-state index contributed by atoms with van der Waals surface area (Å²) in [5.41, 5.74) is 3.35. The first-order valence-corrected chi connectivity index (χ1v) is 8.77. The molecule has 0 radical (unpaired) electrons. The summed E-state index contributed by atoms with van der Waals surface area (Å²) in [4.78, 5) is 18.0. The molecule has 1 fully saturated rings. The van der Waals surface area contributed by atoms with Gasteiger partial charge in [-0.15, -0.1) is 0 Å². The Morgan fingerprint density at radius 3 is 2.54 bits per heavy atom. The molecule has 0 aliphatic carbocycles. The molecule has 0 unspecified atom stereocenters. The van der Waals surface area contributed by atoms with Gasteiger partial charge in [0.2, 0.25) is 5.91 Å². The van der Waals surface area contributed by atoms with Gasteiger partial charge in [-0.05, 0) is 44.5 Å². The average Bonchev–Trinajstić information content (AvgIpc) is 2.75. The van der Waals surface area contributed by atoms with Gasteiger partial charge in [0, 0.05) is 33.7 Å². The zero-order valence-corrected chi connectivity index (χ0v) is 15.5. The van der Waals surface area contributed by atoms with Gasteiger partial charge in [0.05, 0.1) is 12.6 Å². The van der Waals surface area contributed by atoms with Gasteiger partial charge >= 0.3 is 0 Å². The Morgan fingerprint density at radius 1 is 1.17 bits per heavy atom. The lowest BCUT2D eigenvalue weighted by atomic mass is 10.0. The van der Waals surface area contributed by atoms with Crippen molar-refractivity contribution in [3.05, 3.63) is 34.9 Å². The quantitative estimate of drug-likeness (QED) is 0.886. The molecule has 0 aromatic heterocycles. The van der Waals surface area contributed by atoms with E-state index in [1.165, 1.54) is 5.56 Å². The number of hydrogen-bond acceptors (Lipinski definition) is 4. The highest BCUT2D eigenvalue weighted by Crippen LogP contribution is 2.20. The second kappa shape index (κ2) is 8.60. The molecule has 2 rings (SSSR count). The minimum Gasteiger partial charge on any atom is -0.387 e. The molecule has 5 nitrogen and oxygen atoms in total. The van der Waals surface area contributed by atoms with Gasteiger partial charge in [0.25, 0.3) is 0 Å². The molecule has 0 bridgehead atoms. The lowest BCUT2D eigenvalue weighted by molar-refractivity contribution is -0.129. The van der Waals surface area contributed by atoms with Crippen LogP contribution in [0.25, 0.3) is 0 Å². The van der Waals surface area contributed by atoms with E-state index in [1.807, 2.05) is 0 Å².